The van der Waals surface area contributed by atoms with Crippen LogP contribution in [-0.2, 0) is 6.42 Å². The van der Waals surface area contributed by atoms with E-state index in [1.165, 1.54) is 11.6 Å². The van der Waals surface area contributed by atoms with E-state index in [4.69, 9.17) is 11.6 Å². The van der Waals surface area contributed by atoms with Crippen molar-refractivity contribution in [2.24, 2.45) is 5.41 Å². The first-order valence-electron chi connectivity index (χ1n) is 9.00. The number of phenols is 1. The van der Waals surface area contributed by atoms with E-state index in [0.29, 0.717) is 5.56 Å². The first-order valence-corrected chi connectivity index (χ1v) is 9.38. The van der Waals surface area contributed by atoms with Crippen molar-refractivity contribution in [3.8, 4) is 5.75 Å². The van der Waals surface area contributed by atoms with E-state index < -0.39 is 0 Å². The number of aromatic hydroxyl groups is 1. The van der Waals surface area contributed by atoms with Crippen molar-refractivity contribution < 1.29 is 15.0 Å². The molecule has 1 amide bonds. The number of benzene rings is 2. The fourth-order valence-electron chi connectivity index (χ4n) is 4.81. The first-order chi connectivity index (χ1) is 12.5. The maximum Gasteiger partial charge on any atom is 0.254 e. The molecule has 5 heteroatoms. The number of amides is 1. The molecule has 26 heavy (non-hydrogen) atoms. The number of nitrogens with zero attached hydrogens (tertiary/aromatic N) is 1. The summed E-state index contributed by atoms with van der Waals surface area (Å²) in [4.78, 5) is 15.0. The molecule has 2 N–H and O–H groups in total. The molecule has 0 radical (unpaired) electrons. The Kier molecular flexibility index (Phi) is 4.41. The van der Waals surface area contributed by atoms with Crippen LogP contribution in [0.3, 0.4) is 0 Å². The number of aliphatic hydroxyl groups excluding tert-OH is 1. The van der Waals surface area contributed by atoms with Gasteiger partial charge in [0.2, 0.25) is 0 Å². The molecule has 2 aromatic rings. The van der Waals surface area contributed by atoms with Crippen LogP contribution < -0.4 is 0 Å². The minimum absolute atomic E-state index is 0.0167. The first kappa shape index (κ1) is 17.4. The second kappa shape index (κ2) is 6.60. The van der Waals surface area contributed by atoms with E-state index in [0.717, 1.165) is 25.7 Å². The van der Waals surface area contributed by atoms with E-state index in [1.807, 2.05) is 23.1 Å². The van der Waals surface area contributed by atoms with Crippen LogP contribution in [0.15, 0.2) is 48.5 Å². The van der Waals surface area contributed by atoms with Crippen molar-refractivity contribution >= 4 is 17.5 Å². The van der Waals surface area contributed by atoms with Gasteiger partial charge in [0.1, 0.15) is 5.75 Å². The summed E-state index contributed by atoms with van der Waals surface area (Å²) in [7, 11) is 0. The van der Waals surface area contributed by atoms with Crippen LogP contribution in [0.1, 0.15) is 35.2 Å². The van der Waals surface area contributed by atoms with Crippen LogP contribution in [-0.4, -0.2) is 39.7 Å². The van der Waals surface area contributed by atoms with Gasteiger partial charge in [-0.2, -0.15) is 0 Å². The molecule has 2 aliphatic heterocycles. The second-order valence-electron chi connectivity index (χ2n) is 7.51. The van der Waals surface area contributed by atoms with Crippen LogP contribution in [0.5, 0.6) is 5.75 Å². The summed E-state index contributed by atoms with van der Waals surface area (Å²) in [6, 6.07) is 14.9. The molecule has 0 unspecified atom stereocenters. The van der Waals surface area contributed by atoms with E-state index in [-0.39, 0.29) is 40.8 Å². The number of hydrogen-bond acceptors (Lipinski definition) is 3. The predicted molar refractivity (Wildman–Crippen MR) is 100 cm³/mol. The number of hydrogen-bond donors (Lipinski definition) is 2. The van der Waals surface area contributed by atoms with Crippen molar-refractivity contribution in [1.82, 2.24) is 4.90 Å². The Morgan fingerprint density at radius 1 is 1.19 bits per heavy atom. The van der Waals surface area contributed by atoms with E-state index in [1.54, 1.807) is 12.1 Å². The Morgan fingerprint density at radius 3 is 2.65 bits per heavy atom. The van der Waals surface area contributed by atoms with Gasteiger partial charge >= 0.3 is 0 Å². The summed E-state index contributed by atoms with van der Waals surface area (Å²) in [6.45, 7) is 0.0682. The molecule has 4 nitrogen and oxygen atoms in total. The lowest BCUT2D eigenvalue weighted by atomic mass is 9.70. The van der Waals surface area contributed by atoms with Crippen LogP contribution >= 0.6 is 11.6 Å². The highest BCUT2D eigenvalue weighted by Crippen LogP contribution is 2.51. The highest BCUT2D eigenvalue weighted by molar-refractivity contribution is 6.32. The van der Waals surface area contributed by atoms with Gasteiger partial charge in [-0.05, 0) is 49.4 Å². The van der Waals surface area contributed by atoms with Crippen molar-refractivity contribution in [3.05, 3.63) is 64.7 Å². The summed E-state index contributed by atoms with van der Waals surface area (Å²) < 4.78 is 0. The second-order valence-corrected chi connectivity index (χ2v) is 7.92. The Hall–Kier alpha value is -2.04. The van der Waals surface area contributed by atoms with E-state index in [9.17, 15) is 15.0 Å². The quantitative estimate of drug-likeness (QED) is 0.862. The van der Waals surface area contributed by atoms with Crippen LogP contribution in [0.2, 0.25) is 5.02 Å². The topological polar surface area (TPSA) is 60.8 Å². The number of aliphatic hydroxyl groups is 1. The third kappa shape index (κ3) is 2.78. The average Bonchev–Trinajstić information content (AvgIpc) is 3.20. The lowest BCUT2D eigenvalue weighted by molar-refractivity contribution is 0.0571. The molecule has 2 aliphatic rings. The maximum atomic E-state index is 13.1. The molecular weight excluding hydrogens is 350 g/mol. The Morgan fingerprint density at radius 2 is 1.96 bits per heavy atom. The summed E-state index contributed by atoms with van der Waals surface area (Å²) >= 11 is 5.86. The molecule has 3 atom stereocenters. The molecule has 0 spiro atoms. The largest absolute Gasteiger partial charge is 0.506 e. The number of rotatable bonds is 4. The SMILES string of the molecule is O=C(c1ccc(Cl)c(O)c1)N1[C@@H]2CC[C@H]1[C@](CO)(Cc1ccccc1)C2. The van der Waals surface area contributed by atoms with Gasteiger partial charge < -0.3 is 15.1 Å². The Balaban J connectivity index is 1.62. The maximum absolute atomic E-state index is 13.1. The van der Waals surface area contributed by atoms with Gasteiger partial charge in [-0.25, -0.2) is 0 Å². The van der Waals surface area contributed by atoms with Gasteiger partial charge in [-0.1, -0.05) is 41.9 Å². The summed E-state index contributed by atoms with van der Waals surface area (Å²) in [5.74, 6) is -0.172. The fraction of sp³-hybridized carbons (Fsp3) is 0.381. The monoisotopic (exact) mass is 371 g/mol. The zero-order valence-corrected chi connectivity index (χ0v) is 15.2. The molecule has 2 saturated heterocycles. The lowest BCUT2D eigenvalue weighted by Gasteiger charge is -2.36. The smallest absolute Gasteiger partial charge is 0.254 e. The van der Waals surface area contributed by atoms with Gasteiger partial charge in [0.05, 0.1) is 11.6 Å². The van der Waals surface area contributed by atoms with E-state index >= 15 is 0 Å². The van der Waals surface area contributed by atoms with Crippen molar-refractivity contribution in [3.63, 3.8) is 0 Å². The summed E-state index contributed by atoms with van der Waals surface area (Å²) in [5, 5.41) is 20.3. The molecule has 2 aromatic carbocycles. The van der Waals surface area contributed by atoms with Crippen molar-refractivity contribution in [1.29, 1.82) is 0 Å². The molecule has 0 aromatic heterocycles. The van der Waals surface area contributed by atoms with E-state index in [2.05, 4.69) is 12.1 Å². The molecule has 4 rings (SSSR count). The Labute approximate surface area is 158 Å². The number of carbonyl (C=O) groups is 1. The minimum Gasteiger partial charge on any atom is -0.506 e. The van der Waals surface area contributed by atoms with Crippen LogP contribution in [0, 0.1) is 5.41 Å². The number of halogens is 1. The number of fused-ring (bicyclic) bond motifs is 2. The molecule has 2 bridgehead atoms. The molecule has 136 valence electrons. The third-order valence-corrected chi connectivity index (χ3v) is 6.31. The van der Waals surface area contributed by atoms with Crippen molar-refractivity contribution in [2.45, 2.75) is 37.8 Å². The zero-order valence-electron chi connectivity index (χ0n) is 14.4. The average molecular weight is 372 g/mol. The van der Waals surface area contributed by atoms with Crippen LogP contribution in [0.25, 0.3) is 0 Å². The molecule has 0 aliphatic carbocycles. The Bertz CT molecular complexity index is 825. The van der Waals surface area contributed by atoms with Gasteiger partial charge in [0.25, 0.3) is 5.91 Å². The lowest BCUT2D eigenvalue weighted by Crippen LogP contribution is -2.43. The van der Waals surface area contributed by atoms with Gasteiger partial charge in [-0.15, -0.1) is 0 Å². The van der Waals surface area contributed by atoms with Crippen LogP contribution in [0.4, 0.5) is 0 Å². The standard InChI is InChI=1S/C21H22ClNO3/c22-17-8-6-15(10-18(17)25)20(26)23-16-7-9-19(23)21(12-16,13-24)11-14-4-2-1-3-5-14/h1-6,8,10,16,19,24-25H,7,9,11-13H2/t16-,19+,21-/m1/s1. The highest BCUT2D eigenvalue weighted by Gasteiger charge is 2.57. The number of carbonyl (C=O) groups excluding carboxylic acids is 1. The highest BCUT2D eigenvalue weighted by atomic mass is 35.5. The van der Waals surface area contributed by atoms with Gasteiger partial charge in [-0.3, -0.25) is 4.79 Å². The molecular formula is C21H22ClNO3. The molecule has 2 fully saturated rings. The zero-order chi connectivity index (χ0) is 18.3. The molecule has 2 heterocycles. The van der Waals surface area contributed by atoms with Gasteiger partial charge in [0, 0.05) is 23.1 Å². The summed E-state index contributed by atoms with van der Waals surface area (Å²) in [6.07, 6.45) is 3.45. The van der Waals surface area contributed by atoms with Gasteiger partial charge in [0.15, 0.2) is 0 Å². The number of phenolic OH excluding ortho intramolecular Hbond substituents is 1. The minimum atomic E-state index is -0.297. The fourth-order valence-corrected chi connectivity index (χ4v) is 4.93. The molecule has 0 saturated carbocycles. The normalized spacial score (nSPS) is 27.1. The van der Waals surface area contributed by atoms with Crippen molar-refractivity contribution in [2.75, 3.05) is 6.61 Å². The third-order valence-electron chi connectivity index (χ3n) is 5.99. The summed E-state index contributed by atoms with van der Waals surface area (Å²) in [5.41, 5.74) is 1.33. The predicted octanol–water partition coefficient (Wildman–Crippen LogP) is 3.64.